The molecule has 0 radical (unpaired) electrons. The summed E-state index contributed by atoms with van der Waals surface area (Å²) in [6.07, 6.45) is 2.58. The number of amides is 1. The van der Waals surface area contributed by atoms with E-state index >= 15 is 0 Å². The molecule has 29 heavy (non-hydrogen) atoms. The summed E-state index contributed by atoms with van der Waals surface area (Å²) >= 11 is 0. The molecule has 0 saturated carbocycles. The Morgan fingerprint density at radius 3 is 2.62 bits per heavy atom. The van der Waals surface area contributed by atoms with Crippen molar-refractivity contribution in [2.75, 3.05) is 45.9 Å². The molecule has 1 aromatic carbocycles. The fourth-order valence-corrected chi connectivity index (χ4v) is 4.18. The molecule has 2 saturated heterocycles. The number of aliphatic hydroxyl groups is 1. The highest BCUT2D eigenvalue weighted by Crippen LogP contribution is 2.28. The van der Waals surface area contributed by atoms with Gasteiger partial charge in [-0.1, -0.05) is 18.2 Å². The quantitative estimate of drug-likeness (QED) is 0.747. The van der Waals surface area contributed by atoms with Crippen LogP contribution < -0.4 is 0 Å². The number of fused-ring (bicyclic) bond motifs is 1. The first-order chi connectivity index (χ1) is 14.0. The summed E-state index contributed by atoms with van der Waals surface area (Å²) < 4.78 is 7.49. The molecule has 1 atom stereocenters. The molecule has 0 spiro atoms. The van der Waals surface area contributed by atoms with E-state index in [2.05, 4.69) is 16.4 Å². The Morgan fingerprint density at radius 1 is 1.24 bits per heavy atom. The molecule has 8 heteroatoms. The van der Waals surface area contributed by atoms with Gasteiger partial charge >= 0.3 is 0 Å². The molecule has 2 fully saturated rings. The Morgan fingerprint density at radius 2 is 1.93 bits per heavy atom. The highest BCUT2D eigenvalue weighted by atomic mass is 16.5. The van der Waals surface area contributed by atoms with Crippen molar-refractivity contribution >= 4 is 23.3 Å². The van der Waals surface area contributed by atoms with Crippen molar-refractivity contribution in [3.8, 4) is 0 Å². The van der Waals surface area contributed by atoms with E-state index in [0.29, 0.717) is 26.1 Å². The van der Waals surface area contributed by atoms with Gasteiger partial charge in [-0.15, -0.1) is 0 Å². The zero-order valence-electron chi connectivity index (χ0n) is 16.8. The van der Waals surface area contributed by atoms with Crippen LogP contribution in [-0.4, -0.2) is 88.5 Å². The van der Waals surface area contributed by atoms with Crippen LogP contribution >= 0.6 is 0 Å². The van der Waals surface area contributed by atoms with Crippen LogP contribution in [0.3, 0.4) is 0 Å². The lowest BCUT2D eigenvalue weighted by molar-refractivity contribution is -0.122. The number of hydrogen-bond donors (Lipinski definition) is 2. The minimum atomic E-state index is -0.823. The van der Waals surface area contributed by atoms with Crippen molar-refractivity contribution in [3.63, 3.8) is 0 Å². The lowest BCUT2D eigenvalue weighted by Gasteiger charge is -2.33. The predicted molar refractivity (Wildman–Crippen MR) is 109 cm³/mol. The summed E-state index contributed by atoms with van der Waals surface area (Å²) in [6.45, 7) is 7.40. The van der Waals surface area contributed by atoms with Gasteiger partial charge in [-0.25, -0.2) is 0 Å². The highest BCUT2D eigenvalue weighted by molar-refractivity contribution is 6.07. The number of β-amino-alcohol motifs (C(OH)–C–C–N with tert-alkyl or cyclic N) is 1. The van der Waals surface area contributed by atoms with Crippen LogP contribution in [-0.2, 0) is 16.1 Å². The number of nitrogens with zero attached hydrogens (tertiary/aromatic N) is 3. The highest BCUT2D eigenvalue weighted by Gasteiger charge is 2.40. The first kappa shape index (κ1) is 21.3. The first-order valence-corrected chi connectivity index (χ1v) is 9.99. The summed E-state index contributed by atoms with van der Waals surface area (Å²) in [5.41, 5.74) is 0.995. The van der Waals surface area contributed by atoms with E-state index in [1.54, 1.807) is 0 Å². The maximum atomic E-state index is 13.1. The fraction of sp³-hybridized carbons (Fsp3) is 0.524. The molecule has 2 aliphatic rings. The lowest BCUT2D eigenvalue weighted by atomic mass is 10.0. The second kappa shape index (κ2) is 9.39. The van der Waals surface area contributed by atoms with Crippen LogP contribution in [0.1, 0.15) is 23.7 Å². The largest absolute Gasteiger partial charge is 0.483 e. The van der Waals surface area contributed by atoms with Gasteiger partial charge in [0.15, 0.2) is 0 Å². The molecule has 158 valence electrons. The molecule has 0 aliphatic carbocycles. The average Bonchev–Trinajstić information content (AvgIpc) is 3.30. The number of rotatable bonds is 4. The number of carbonyl (C=O) groups is 2. The molecule has 8 nitrogen and oxygen atoms in total. The predicted octanol–water partition coefficient (Wildman–Crippen LogP) is 1.27. The maximum Gasteiger partial charge on any atom is 0.290 e. The summed E-state index contributed by atoms with van der Waals surface area (Å²) in [5.74, 6) is 0.0197. The van der Waals surface area contributed by atoms with Crippen molar-refractivity contribution < 1.29 is 24.5 Å². The second-order valence-corrected chi connectivity index (χ2v) is 7.54. The number of carbonyl (C=O) groups excluding carboxylic acids is 1. The molecule has 1 unspecified atom stereocenters. The van der Waals surface area contributed by atoms with Crippen LogP contribution in [0.25, 0.3) is 10.9 Å². The van der Waals surface area contributed by atoms with Crippen molar-refractivity contribution in [1.82, 2.24) is 14.4 Å². The van der Waals surface area contributed by atoms with Crippen molar-refractivity contribution in [3.05, 3.63) is 36.0 Å². The van der Waals surface area contributed by atoms with Crippen LogP contribution in [0.5, 0.6) is 0 Å². The van der Waals surface area contributed by atoms with Gasteiger partial charge in [-0.2, -0.15) is 0 Å². The van der Waals surface area contributed by atoms with Gasteiger partial charge in [0.2, 0.25) is 0 Å². The number of benzene rings is 1. The van der Waals surface area contributed by atoms with Gasteiger partial charge in [-0.3, -0.25) is 14.5 Å². The molecular weight excluding hydrogens is 374 g/mol. The van der Waals surface area contributed by atoms with Gasteiger partial charge in [0.05, 0.1) is 30.9 Å². The molecule has 1 aromatic heterocycles. The van der Waals surface area contributed by atoms with E-state index in [9.17, 15) is 9.90 Å². The monoisotopic (exact) mass is 403 g/mol. The van der Waals surface area contributed by atoms with Gasteiger partial charge in [0, 0.05) is 49.8 Å². The molecule has 2 N–H and O–H groups in total. The number of hydrogen-bond acceptors (Lipinski definition) is 5. The number of aryl methyl sites for hydroxylation is 1. The smallest absolute Gasteiger partial charge is 0.290 e. The van der Waals surface area contributed by atoms with E-state index in [-0.39, 0.29) is 12.4 Å². The number of morpholine rings is 1. The summed E-state index contributed by atoms with van der Waals surface area (Å²) in [5, 5.41) is 18.9. The van der Waals surface area contributed by atoms with Gasteiger partial charge in [0.1, 0.15) is 0 Å². The van der Waals surface area contributed by atoms with Gasteiger partial charge in [-0.05, 0) is 19.4 Å². The number of likely N-dealkylation sites (tertiary alicyclic amines) is 1. The molecule has 2 aromatic rings. The molecule has 4 rings (SSSR count). The Labute approximate surface area is 170 Å². The lowest BCUT2D eigenvalue weighted by Crippen LogP contribution is -2.49. The van der Waals surface area contributed by atoms with Crippen LogP contribution in [0.4, 0.5) is 0 Å². The number of ether oxygens (including phenoxy) is 1. The third kappa shape index (κ3) is 4.77. The maximum absolute atomic E-state index is 13.1. The average molecular weight is 403 g/mol. The number of carboxylic acid groups (broad SMARTS) is 1. The van der Waals surface area contributed by atoms with E-state index in [0.717, 1.165) is 49.3 Å². The van der Waals surface area contributed by atoms with Crippen molar-refractivity contribution in [2.24, 2.45) is 0 Å². The van der Waals surface area contributed by atoms with Crippen molar-refractivity contribution in [1.29, 1.82) is 0 Å². The Hall–Kier alpha value is -2.42. The molecule has 3 heterocycles. The Kier molecular flexibility index (Phi) is 6.89. The fourth-order valence-electron chi connectivity index (χ4n) is 4.18. The molecule has 2 aliphatic heterocycles. The second-order valence-electron chi connectivity index (χ2n) is 7.54. The molecule has 1 amide bonds. The van der Waals surface area contributed by atoms with Gasteiger partial charge in [0.25, 0.3) is 12.4 Å². The van der Waals surface area contributed by atoms with Crippen molar-refractivity contribution in [2.45, 2.75) is 25.5 Å². The SMILES string of the molecule is CCn1cc(C(=O)N2CCC(O)(CN3CCOCC3)C2)c2ccccc21.O=CO. The topological polar surface area (TPSA) is 95.2 Å². The Balaban J connectivity index is 0.000000755. The van der Waals surface area contributed by atoms with E-state index in [4.69, 9.17) is 14.6 Å². The standard InChI is InChI=1S/C20H27N3O3.CH2O2/c1-2-22-13-17(16-5-3-4-6-18(16)22)19(24)23-8-7-20(25,15-23)14-21-9-11-26-12-10-21;2-1-3/h3-6,13,25H,2,7-12,14-15H2,1H3;1H,(H,2,3). The first-order valence-electron chi connectivity index (χ1n) is 9.99. The van der Waals surface area contributed by atoms with Gasteiger partial charge < -0.3 is 24.4 Å². The van der Waals surface area contributed by atoms with E-state index in [1.165, 1.54) is 0 Å². The zero-order chi connectivity index (χ0) is 20.9. The summed E-state index contributed by atoms with van der Waals surface area (Å²) in [6, 6.07) is 8.02. The molecular formula is C21H29N3O5. The summed E-state index contributed by atoms with van der Waals surface area (Å²) in [4.78, 5) is 25.5. The third-order valence-electron chi connectivity index (χ3n) is 5.60. The number of aromatic nitrogens is 1. The zero-order valence-corrected chi connectivity index (χ0v) is 16.8. The van der Waals surface area contributed by atoms with Crippen LogP contribution in [0, 0.1) is 0 Å². The minimum Gasteiger partial charge on any atom is -0.483 e. The third-order valence-corrected chi connectivity index (χ3v) is 5.60. The summed E-state index contributed by atoms with van der Waals surface area (Å²) in [7, 11) is 0. The van der Waals surface area contributed by atoms with Crippen LogP contribution in [0.2, 0.25) is 0 Å². The van der Waals surface area contributed by atoms with E-state index < -0.39 is 5.60 Å². The van der Waals surface area contributed by atoms with E-state index in [1.807, 2.05) is 35.4 Å². The normalized spacial score (nSPS) is 22.3. The minimum absolute atomic E-state index is 0.0197. The molecule has 0 bridgehead atoms. The number of para-hydroxylation sites is 1. The Bertz CT molecular complexity index is 846. The van der Waals surface area contributed by atoms with Crippen LogP contribution in [0.15, 0.2) is 30.5 Å².